The first kappa shape index (κ1) is 20.6. The molecule has 0 radical (unpaired) electrons. The predicted molar refractivity (Wildman–Crippen MR) is 109 cm³/mol. The lowest BCUT2D eigenvalue weighted by Gasteiger charge is -2.27. The minimum Gasteiger partial charge on any atom is -0.451 e. The van der Waals surface area contributed by atoms with Gasteiger partial charge < -0.3 is 15.4 Å². The summed E-state index contributed by atoms with van der Waals surface area (Å²) >= 11 is 0. The molecule has 2 amide bonds. The monoisotopic (exact) mass is 394 g/mol. The number of benzene rings is 2. The van der Waals surface area contributed by atoms with Crippen molar-refractivity contribution < 1.29 is 19.1 Å². The number of hydrogen-bond donors (Lipinski definition) is 2. The molecule has 2 N–H and O–H groups in total. The third-order valence-corrected chi connectivity index (χ3v) is 5.07. The SMILES string of the molecule is Cc1ccc(C(=O)NCC(=O)O[C@@H](C)C(=O)N[C@H]2CCCc3ccccc32)cc1. The Morgan fingerprint density at radius 2 is 1.83 bits per heavy atom. The molecule has 1 aliphatic rings. The minimum atomic E-state index is -0.937. The van der Waals surface area contributed by atoms with Gasteiger partial charge in [0, 0.05) is 5.56 Å². The zero-order valence-corrected chi connectivity index (χ0v) is 16.7. The van der Waals surface area contributed by atoms with Crippen molar-refractivity contribution in [1.82, 2.24) is 10.6 Å². The highest BCUT2D eigenvalue weighted by Gasteiger charge is 2.25. The lowest BCUT2D eigenvalue weighted by molar-refractivity contribution is -0.154. The summed E-state index contributed by atoms with van der Waals surface area (Å²) in [5, 5.41) is 5.48. The molecule has 29 heavy (non-hydrogen) atoms. The normalized spacial score (nSPS) is 16.3. The Hall–Kier alpha value is -3.15. The van der Waals surface area contributed by atoms with E-state index in [4.69, 9.17) is 4.74 Å². The number of aryl methyl sites for hydroxylation is 2. The molecule has 0 aromatic heterocycles. The molecule has 0 bridgehead atoms. The summed E-state index contributed by atoms with van der Waals surface area (Å²) in [6.07, 6.45) is 1.93. The van der Waals surface area contributed by atoms with Gasteiger partial charge in [-0.2, -0.15) is 0 Å². The highest BCUT2D eigenvalue weighted by atomic mass is 16.5. The largest absolute Gasteiger partial charge is 0.451 e. The Bertz CT molecular complexity index is 892. The van der Waals surface area contributed by atoms with E-state index in [9.17, 15) is 14.4 Å². The van der Waals surface area contributed by atoms with Gasteiger partial charge in [-0.15, -0.1) is 0 Å². The van der Waals surface area contributed by atoms with Gasteiger partial charge in [-0.05, 0) is 56.4 Å². The van der Waals surface area contributed by atoms with Crippen molar-refractivity contribution in [1.29, 1.82) is 0 Å². The fourth-order valence-corrected chi connectivity index (χ4v) is 3.44. The third-order valence-electron chi connectivity index (χ3n) is 5.07. The van der Waals surface area contributed by atoms with Crippen LogP contribution in [-0.2, 0) is 20.7 Å². The van der Waals surface area contributed by atoms with Crippen molar-refractivity contribution in [2.45, 2.75) is 45.3 Å². The van der Waals surface area contributed by atoms with Crippen molar-refractivity contribution in [3.63, 3.8) is 0 Å². The molecule has 1 aliphatic carbocycles. The Morgan fingerprint density at radius 1 is 1.10 bits per heavy atom. The number of amides is 2. The Morgan fingerprint density at radius 3 is 2.59 bits per heavy atom. The molecule has 0 spiro atoms. The van der Waals surface area contributed by atoms with Gasteiger partial charge >= 0.3 is 5.97 Å². The zero-order chi connectivity index (χ0) is 20.8. The molecule has 0 heterocycles. The van der Waals surface area contributed by atoms with Crippen LogP contribution in [0.25, 0.3) is 0 Å². The van der Waals surface area contributed by atoms with Crippen LogP contribution >= 0.6 is 0 Å². The van der Waals surface area contributed by atoms with Gasteiger partial charge in [0.15, 0.2) is 6.10 Å². The molecule has 0 saturated heterocycles. The third kappa shape index (κ3) is 5.44. The van der Waals surface area contributed by atoms with Crippen LogP contribution in [-0.4, -0.2) is 30.4 Å². The maximum absolute atomic E-state index is 12.5. The first-order valence-corrected chi connectivity index (χ1v) is 9.86. The van der Waals surface area contributed by atoms with Crippen LogP contribution in [0.1, 0.15) is 52.9 Å². The number of carbonyl (C=O) groups is 3. The Labute approximate surface area is 170 Å². The van der Waals surface area contributed by atoms with Crippen molar-refractivity contribution >= 4 is 17.8 Å². The minimum absolute atomic E-state index is 0.0742. The van der Waals surface area contributed by atoms with Crippen LogP contribution in [0.5, 0.6) is 0 Å². The summed E-state index contributed by atoms with van der Waals surface area (Å²) in [6, 6.07) is 15.0. The van der Waals surface area contributed by atoms with E-state index in [0.717, 1.165) is 30.4 Å². The second kappa shape index (κ2) is 9.37. The molecule has 3 rings (SSSR count). The molecule has 0 fully saturated rings. The van der Waals surface area contributed by atoms with Crippen LogP contribution in [0.3, 0.4) is 0 Å². The van der Waals surface area contributed by atoms with E-state index in [2.05, 4.69) is 16.7 Å². The second-order valence-corrected chi connectivity index (χ2v) is 7.33. The molecule has 6 heteroatoms. The van der Waals surface area contributed by atoms with Crippen molar-refractivity contribution in [2.75, 3.05) is 6.54 Å². The standard InChI is InChI=1S/C23H26N2O4/c1-15-10-12-18(13-11-15)23(28)24-14-21(26)29-16(2)22(27)25-20-9-5-7-17-6-3-4-8-19(17)20/h3-4,6,8,10-13,16,20H,5,7,9,14H2,1-2H3,(H,24,28)(H,25,27)/t16-,20-/m0/s1. The summed E-state index contributed by atoms with van der Waals surface area (Å²) in [5.41, 5.74) is 3.87. The van der Waals surface area contributed by atoms with E-state index < -0.39 is 12.1 Å². The topological polar surface area (TPSA) is 84.5 Å². The average molecular weight is 394 g/mol. The van der Waals surface area contributed by atoms with E-state index in [-0.39, 0.29) is 24.4 Å². The van der Waals surface area contributed by atoms with Crippen molar-refractivity contribution in [3.05, 3.63) is 70.8 Å². The number of hydrogen-bond acceptors (Lipinski definition) is 4. The van der Waals surface area contributed by atoms with E-state index in [1.165, 1.54) is 12.5 Å². The highest BCUT2D eigenvalue weighted by molar-refractivity contribution is 5.96. The molecule has 0 unspecified atom stereocenters. The first-order valence-electron chi connectivity index (χ1n) is 9.86. The smallest absolute Gasteiger partial charge is 0.326 e. The van der Waals surface area contributed by atoms with Crippen molar-refractivity contribution in [3.8, 4) is 0 Å². The van der Waals surface area contributed by atoms with Gasteiger partial charge in [0.25, 0.3) is 11.8 Å². The lowest BCUT2D eigenvalue weighted by atomic mass is 9.87. The number of fused-ring (bicyclic) bond motifs is 1. The van der Waals surface area contributed by atoms with Crippen LogP contribution in [0.15, 0.2) is 48.5 Å². The molecule has 0 saturated carbocycles. The molecule has 0 aliphatic heterocycles. The molecule has 6 nitrogen and oxygen atoms in total. The number of ether oxygens (including phenoxy) is 1. The summed E-state index contributed by atoms with van der Waals surface area (Å²) in [5.74, 6) is -1.36. The number of rotatable bonds is 6. The van der Waals surface area contributed by atoms with Crippen LogP contribution in [0.4, 0.5) is 0 Å². The molecule has 2 atom stereocenters. The average Bonchev–Trinajstić information content (AvgIpc) is 2.72. The maximum atomic E-state index is 12.5. The van der Waals surface area contributed by atoms with Crippen LogP contribution in [0, 0.1) is 6.92 Å². The number of carbonyl (C=O) groups excluding carboxylic acids is 3. The zero-order valence-electron chi connectivity index (χ0n) is 16.7. The second-order valence-electron chi connectivity index (χ2n) is 7.33. The quantitative estimate of drug-likeness (QED) is 0.738. The van der Waals surface area contributed by atoms with Gasteiger partial charge in [-0.3, -0.25) is 14.4 Å². The summed E-state index contributed by atoms with van der Waals surface area (Å²) in [4.78, 5) is 36.6. The van der Waals surface area contributed by atoms with Gasteiger partial charge in [-0.1, -0.05) is 42.0 Å². The van der Waals surface area contributed by atoms with E-state index in [0.29, 0.717) is 5.56 Å². The summed E-state index contributed by atoms with van der Waals surface area (Å²) in [6.45, 7) is 3.16. The molecular formula is C23H26N2O4. The molecule has 2 aromatic rings. The van der Waals surface area contributed by atoms with Crippen LogP contribution in [0.2, 0.25) is 0 Å². The number of nitrogens with one attached hydrogen (secondary N) is 2. The van der Waals surface area contributed by atoms with E-state index in [1.807, 2.05) is 37.3 Å². The van der Waals surface area contributed by atoms with Crippen molar-refractivity contribution in [2.24, 2.45) is 0 Å². The van der Waals surface area contributed by atoms with E-state index >= 15 is 0 Å². The maximum Gasteiger partial charge on any atom is 0.326 e. The molecule has 2 aromatic carbocycles. The lowest BCUT2D eigenvalue weighted by Crippen LogP contribution is -2.41. The van der Waals surface area contributed by atoms with Crippen LogP contribution < -0.4 is 10.6 Å². The molecular weight excluding hydrogens is 368 g/mol. The van der Waals surface area contributed by atoms with Gasteiger partial charge in [-0.25, -0.2) is 0 Å². The first-order chi connectivity index (χ1) is 13.9. The Kier molecular flexibility index (Phi) is 6.65. The fourth-order valence-electron chi connectivity index (χ4n) is 3.44. The molecule has 152 valence electrons. The predicted octanol–water partition coefficient (Wildman–Crippen LogP) is 2.85. The number of esters is 1. The Balaban J connectivity index is 1.47. The van der Waals surface area contributed by atoms with E-state index in [1.54, 1.807) is 12.1 Å². The van der Waals surface area contributed by atoms with Gasteiger partial charge in [0.2, 0.25) is 0 Å². The summed E-state index contributed by atoms with van der Waals surface area (Å²) in [7, 11) is 0. The summed E-state index contributed by atoms with van der Waals surface area (Å²) < 4.78 is 5.18. The fraction of sp³-hybridized carbons (Fsp3) is 0.348. The highest BCUT2D eigenvalue weighted by Crippen LogP contribution is 2.29. The van der Waals surface area contributed by atoms with Gasteiger partial charge in [0.05, 0.1) is 6.04 Å². The van der Waals surface area contributed by atoms with Gasteiger partial charge in [0.1, 0.15) is 6.54 Å².